The van der Waals surface area contributed by atoms with Gasteiger partial charge in [-0.25, -0.2) is 0 Å². The molecule has 0 spiro atoms. The van der Waals surface area contributed by atoms with Gasteiger partial charge in [-0.05, 0) is 31.7 Å². The van der Waals surface area contributed by atoms with Crippen LogP contribution in [0.5, 0.6) is 0 Å². The number of likely N-dealkylation sites (N-methyl/N-ethyl adjacent to an activating group) is 2. The van der Waals surface area contributed by atoms with Crippen molar-refractivity contribution in [1.82, 2.24) is 14.7 Å². The van der Waals surface area contributed by atoms with Crippen molar-refractivity contribution in [2.45, 2.75) is 13.0 Å². The molecule has 0 radical (unpaired) electrons. The highest BCUT2D eigenvalue weighted by molar-refractivity contribution is 6.31. The van der Waals surface area contributed by atoms with Crippen LogP contribution in [0.25, 0.3) is 0 Å². The molecule has 0 saturated carbocycles. The Labute approximate surface area is 143 Å². The number of halogens is 1. The van der Waals surface area contributed by atoms with E-state index < -0.39 is 6.10 Å². The number of carbonyl (C=O) groups excluding carboxylic acids is 1. The Morgan fingerprint density at radius 1 is 1.35 bits per heavy atom. The molecule has 128 valence electrons. The Hall–Kier alpha value is -1.14. The first-order valence-electron chi connectivity index (χ1n) is 7.98. The molecular formula is C17H26ClN3O2. The molecule has 0 unspecified atom stereocenters. The summed E-state index contributed by atoms with van der Waals surface area (Å²) in [6, 6.07) is 5.32. The van der Waals surface area contributed by atoms with E-state index in [-0.39, 0.29) is 5.91 Å². The predicted molar refractivity (Wildman–Crippen MR) is 93.1 cm³/mol. The van der Waals surface area contributed by atoms with Crippen molar-refractivity contribution in [2.24, 2.45) is 0 Å². The minimum atomic E-state index is -0.549. The van der Waals surface area contributed by atoms with Crippen molar-refractivity contribution in [1.29, 1.82) is 0 Å². The maximum atomic E-state index is 12.5. The van der Waals surface area contributed by atoms with Crippen molar-refractivity contribution in [3.8, 4) is 0 Å². The maximum absolute atomic E-state index is 12.5. The van der Waals surface area contributed by atoms with Gasteiger partial charge < -0.3 is 14.9 Å². The zero-order valence-electron chi connectivity index (χ0n) is 14.1. The zero-order valence-corrected chi connectivity index (χ0v) is 14.9. The first kappa shape index (κ1) is 18.2. The van der Waals surface area contributed by atoms with E-state index in [4.69, 9.17) is 11.6 Å². The average molecular weight is 340 g/mol. The SMILES string of the molecule is Cc1c(Cl)cccc1C(=O)N(C)C[C@@H](O)CN1CCN(C)CC1. The van der Waals surface area contributed by atoms with Crippen LogP contribution in [0.1, 0.15) is 15.9 Å². The van der Waals surface area contributed by atoms with E-state index in [0.29, 0.717) is 23.7 Å². The molecule has 5 nitrogen and oxygen atoms in total. The van der Waals surface area contributed by atoms with Crippen molar-refractivity contribution in [2.75, 3.05) is 53.4 Å². The van der Waals surface area contributed by atoms with Crippen molar-refractivity contribution in [3.05, 3.63) is 34.3 Å². The molecule has 1 amide bonds. The quantitative estimate of drug-likeness (QED) is 0.879. The lowest BCUT2D eigenvalue weighted by molar-refractivity contribution is 0.0501. The van der Waals surface area contributed by atoms with Crippen LogP contribution < -0.4 is 0 Å². The van der Waals surface area contributed by atoms with Gasteiger partial charge in [0.15, 0.2) is 0 Å². The number of nitrogens with zero attached hydrogens (tertiary/aromatic N) is 3. The highest BCUT2D eigenvalue weighted by Crippen LogP contribution is 2.20. The van der Waals surface area contributed by atoms with Crippen LogP contribution in [0.3, 0.4) is 0 Å². The number of aliphatic hydroxyl groups excluding tert-OH is 1. The third kappa shape index (κ3) is 4.91. The van der Waals surface area contributed by atoms with Gasteiger partial charge in [0.2, 0.25) is 0 Å². The van der Waals surface area contributed by atoms with Gasteiger partial charge in [-0.2, -0.15) is 0 Å². The number of carbonyl (C=O) groups is 1. The number of amides is 1. The van der Waals surface area contributed by atoms with Gasteiger partial charge in [-0.3, -0.25) is 9.69 Å². The van der Waals surface area contributed by atoms with Crippen LogP contribution in [0.4, 0.5) is 0 Å². The normalized spacial score (nSPS) is 18.0. The van der Waals surface area contributed by atoms with Gasteiger partial charge in [-0.15, -0.1) is 0 Å². The van der Waals surface area contributed by atoms with E-state index >= 15 is 0 Å². The first-order chi connectivity index (χ1) is 10.9. The minimum absolute atomic E-state index is 0.109. The summed E-state index contributed by atoms with van der Waals surface area (Å²) < 4.78 is 0. The number of aliphatic hydroxyl groups is 1. The zero-order chi connectivity index (χ0) is 17.0. The molecule has 23 heavy (non-hydrogen) atoms. The lowest BCUT2D eigenvalue weighted by Crippen LogP contribution is -2.49. The number of hydrogen-bond donors (Lipinski definition) is 1. The first-order valence-corrected chi connectivity index (χ1v) is 8.36. The molecule has 0 aliphatic carbocycles. The molecule has 1 atom stereocenters. The maximum Gasteiger partial charge on any atom is 0.254 e. The largest absolute Gasteiger partial charge is 0.390 e. The monoisotopic (exact) mass is 339 g/mol. The molecule has 1 saturated heterocycles. The van der Waals surface area contributed by atoms with Gasteiger partial charge in [0.05, 0.1) is 6.10 Å². The molecule has 0 bridgehead atoms. The van der Waals surface area contributed by atoms with Crippen molar-refractivity contribution < 1.29 is 9.90 Å². The summed E-state index contributed by atoms with van der Waals surface area (Å²) in [6.07, 6.45) is -0.549. The Morgan fingerprint density at radius 2 is 2.00 bits per heavy atom. The molecule has 1 aliphatic heterocycles. The average Bonchev–Trinajstić information content (AvgIpc) is 2.51. The van der Waals surface area contributed by atoms with E-state index in [0.717, 1.165) is 31.7 Å². The van der Waals surface area contributed by atoms with E-state index in [2.05, 4.69) is 16.8 Å². The van der Waals surface area contributed by atoms with E-state index in [1.54, 1.807) is 30.1 Å². The second-order valence-electron chi connectivity index (χ2n) is 6.36. The highest BCUT2D eigenvalue weighted by Gasteiger charge is 2.21. The van der Waals surface area contributed by atoms with Crippen LogP contribution in [-0.2, 0) is 0 Å². The van der Waals surface area contributed by atoms with Crippen molar-refractivity contribution in [3.63, 3.8) is 0 Å². The second kappa shape index (κ2) is 8.11. The summed E-state index contributed by atoms with van der Waals surface area (Å²) in [5.74, 6) is -0.109. The van der Waals surface area contributed by atoms with Gasteiger partial charge >= 0.3 is 0 Å². The summed E-state index contributed by atoms with van der Waals surface area (Å²) in [5.41, 5.74) is 1.37. The summed E-state index contributed by atoms with van der Waals surface area (Å²) >= 11 is 6.08. The number of benzene rings is 1. The van der Waals surface area contributed by atoms with E-state index in [9.17, 15) is 9.90 Å². The smallest absolute Gasteiger partial charge is 0.254 e. The Kier molecular flexibility index (Phi) is 6.41. The highest BCUT2D eigenvalue weighted by atomic mass is 35.5. The Morgan fingerprint density at radius 3 is 2.65 bits per heavy atom. The second-order valence-corrected chi connectivity index (χ2v) is 6.76. The number of rotatable bonds is 5. The topological polar surface area (TPSA) is 47.0 Å². The molecule has 1 aromatic rings. The van der Waals surface area contributed by atoms with Crippen LogP contribution in [0.15, 0.2) is 18.2 Å². The lowest BCUT2D eigenvalue weighted by atomic mass is 10.1. The minimum Gasteiger partial charge on any atom is -0.390 e. The molecule has 1 aliphatic rings. The standard InChI is InChI=1S/C17H26ClN3O2/c1-13-15(5-4-6-16(13)18)17(23)20(3)11-14(22)12-21-9-7-19(2)8-10-21/h4-6,14,22H,7-12H2,1-3H3/t14-/m1/s1. The number of piperazine rings is 1. The third-order valence-corrected chi connectivity index (χ3v) is 4.80. The predicted octanol–water partition coefficient (Wildman–Crippen LogP) is 1.33. The summed E-state index contributed by atoms with van der Waals surface area (Å²) in [5, 5.41) is 10.9. The van der Waals surface area contributed by atoms with Gasteiger partial charge in [0.1, 0.15) is 0 Å². The fourth-order valence-electron chi connectivity index (χ4n) is 2.83. The molecule has 0 aromatic heterocycles. The molecule has 1 aromatic carbocycles. The van der Waals surface area contributed by atoms with Crippen LogP contribution in [0, 0.1) is 6.92 Å². The number of hydrogen-bond acceptors (Lipinski definition) is 4. The number of β-amino-alcohol motifs (C(OH)–C–C–N with tert-alkyl or cyclic N) is 1. The summed E-state index contributed by atoms with van der Waals surface area (Å²) in [6.45, 7) is 6.70. The Balaban J connectivity index is 1.89. The van der Waals surface area contributed by atoms with E-state index in [1.807, 2.05) is 6.92 Å². The fourth-order valence-corrected chi connectivity index (χ4v) is 3.00. The molecule has 2 rings (SSSR count). The van der Waals surface area contributed by atoms with Gasteiger partial charge in [0.25, 0.3) is 5.91 Å². The Bertz CT molecular complexity index is 545. The summed E-state index contributed by atoms with van der Waals surface area (Å²) in [4.78, 5) is 18.6. The van der Waals surface area contributed by atoms with Crippen LogP contribution in [-0.4, -0.2) is 85.2 Å². The molecule has 6 heteroatoms. The fraction of sp³-hybridized carbons (Fsp3) is 0.588. The van der Waals surface area contributed by atoms with Crippen LogP contribution in [0.2, 0.25) is 5.02 Å². The van der Waals surface area contributed by atoms with Crippen molar-refractivity contribution >= 4 is 17.5 Å². The van der Waals surface area contributed by atoms with E-state index in [1.165, 1.54) is 0 Å². The molecular weight excluding hydrogens is 314 g/mol. The molecule has 1 fully saturated rings. The van der Waals surface area contributed by atoms with Gasteiger partial charge in [-0.1, -0.05) is 17.7 Å². The summed E-state index contributed by atoms with van der Waals surface area (Å²) in [7, 11) is 3.82. The van der Waals surface area contributed by atoms with Gasteiger partial charge in [0, 0.05) is 56.9 Å². The van der Waals surface area contributed by atoms with Crippen LogP contribution >= 0.6 is 11.6 Å². The molecule has 1 N–H and O–H groups in total. The molecule has 1 heterocycles. The lowest BCUT2D eigenvalue weighted by Gasteiger charge is -2.34. The third-order valence-electron chi connectivity index (χ3n) is 4.39.